The van der Waals surface area contributed by atoms with Crippen LogP contribution in [0.2, 0.25) is 0 Å². The number of esters is 1. The number of hydrogen-bond acceptors (Lipinski definition) is 7. The van der Waals surface area contributed by atoms with Crippen molar-refractivity contribution in [2.45, 2.75) is 192 Å². The quantitative estimate of drug-likeness (QED) is 0.0401. The van der Waals surface area contributed by atoms with Gasteiger partial charge in [0, 0.05) is 13.0 Å². The lowest BCUT2D eigenvalue weighted by Gasteiger charge is -2.20. The summed E-state index contributed by atoms with van der Waals surface area (Å²) in [6, 6.07) is 0. The predicted octanol–water partition coefficient (Wildman–Crippen LogP) is 7.95. The average molecular weight is 615 g/mol. The molecule has 1 aliphatic heterocycles. The van der Waals surface area contributed by atoms with Crippen molar-refractivity contribution in [3.05, 3.63) is 12.2 Å². The van der Waals surface area contributed by atoms with Gasteiger partial charge in [0.25, 0.3) is 0 Å². The van der Waals surface area contributed by atoms with E-state index in [1.54, 1.807) is 0 Å². The third-order valence-corrected chi connectivity index (χ3v) is 8.14. The summed E-state index contributed by atoms with van der Waals surface area (Å²) in [6.45, 7) is 4.63. The van der Waals surface area contributed by atoms with Gasteiger partial charge in [-0.05, 0) is 38.5 Å². The molecule has 0 unspecified atom stereocenters. The van der Waals surface area contributed by atoms with E-state index in [1.165, 1.54) is 116 Å². The van der Waals surface area contributed by atoms with Crippen LogP contribution in [0.25, 0.3) is 0 Å². The maximum Gasteiger partial charge on any atom is 0.305 e. The molecule has 0 aliphatic carbocycles. The minimum Gasteiger partial charge on any atom is -0.463 e. The molecule has 0 aromatic rings. The number of aliphatic hydroxyl groups is 4. The molecule has 1 fully saturated rings. The van der Waals surface area contributed by atoms with Crippen LogP contribution in [0.5, 0.6) is 0 Å². The second-order valence-corrected chi connectivity index (χ2v) is 12.3. The molecule has 0 saturated carbocycles. The zero-order valence-corrected chi connectivity index (χ0v) is 28.1. The van der Waals surface area contributed by atoms with E-state index in [-0.39, 0.29) is 19.2 Å². The first-order chi connectivity index (χ1) is 21.0. The molecule has 0 aromatic carbocycles. The summed E-state index contributed by atoms with van der Waals surface area (Å²) < 4.78 is 10.2. The van der Waals surface area contributed by atoms with E-state index in [2.05, 4.69) is 26.0 Å². The van der Waals surface area contributed by atoms with Crippen LogP contribution in [0.3, 0.4) is 0 Å². The van der Waals surface area contributed by atoms with Gasteiger partial charge in [-0.2, -0.15) is 0 Å². The fourth-order valence-corrected chi connectivity index (χ4v) is 5.25. The smallest absolute Gasteiger partial charge is 0.305 e. The summed E-state index contributed by atoms with van der Waals surface area (Å²) >= 11 is 0. The average Bonchev–Trinajstić information content (AvgIpc) is 3.35. The Hall–Kier alpha value is -0.990. The maximum atomic E-state index is 11.7. The van der Waals surface area contributed by atoms with Gasteiger partial charge in [0.05, 0.1) is 6.61 Å². The number of rotatable bonds is 28. The lowest BCUT2D eigenvalue weighted by atomic mass is 10.1. The minimum absolute atomic E-state index is 0.0221. The SMILES string of the molecule is CCCCCCCC/C=C\CCCCCCCC(=O)OC[C@@H](O)[C@H]1OC[C@H](O)[C@H]1O.CCCCCCCCCCCCO. The van der Waals surface area contributed by atoms with Crippen molar-refractivity contribution >= 4 is 5.97 Å². The number of allylic oxidation sites excluding steroid dienone is 2. The van der Waals surface area contributed by atoms with Crippen molar-refractivity contribution in [1.29, 1.82) is 0 Å². The van der Waals surface area contributed by atoms with Gasteiger partial charge in [-0.25, -0.2) is 0 Å². The first-order valence-corrected chi connectivity index (χ1v) is 18.0. The van der Waals surface area contributed by atoms with Gasteiger partial charge >= 0.3 is 5.97 Å². The maximum absolute atomic E-state index is 11.7. The van der Waals surface area contributed by atoms with E-state index >= 15 is 0 Å². The van der Waals surface area contributed by atoms with E-state index in [1.807, 2.05) is 0 Å². The predicted molar refractivity (Wildman–Crippen MR) is 177 cm³/mol. The summed E-state index contributed by atoms with van der Waals surface area (Å²) in [7, 11) is 0. The Labute approximate surface area is 264 Å². The fraction of sp³-hybridized carbons (Fsp3) is 0.917. The van der Waals surface area contributed by atoms with Crippen LogP contribution in [-0.2, 0) is 14.3 Å². The molecule has 0 aromatic heterocycles. The Morgan fingerprint density at radius 3 is 1.60 bits per heavy atom. The van der Waals surface area contributed by atoms with Crippen LogP contribution in [0.1, 0.15) is 168 Å². The molecule has 43 heavy (non-hydrogen) atoms. The Morgan fingerprint density at radius 1 is 0.721 bits per heavy atom. The van der Waals surface area contributed by atoms with Gasteiger partial charge in [-0.1, -0.05) is 135 Å². The van der Waals surface area contributed by atoms with Crippen molar-refractivity contribution < 1.29 is 34.7 Å². The third-order valence-electron chi connectivity index (χ3n) is 8.14. The number of aliphatic hydroxyl groups excluding tert-OH is 4. The molecule has 0 amide bonds. The van der Waals surface area contributed by atoms with Gasteiger partial charge in [-0.3, -0.25) is 4.79 Å². The van der Waals surface area contributed by atoms with Crippen LogP contribution >= 0.6 is 0 Å². The zero-order valence-electron chi connectivity index (χ0n) is 28.1. The van der Waals surface area contributed by atoms with Crippen molar-refractivity contribution in [2.24, 2.45) is 0 Å². The van der Waals surface area contributed by atoms with E-state index < -0.39 is 24.4 Å². The third kappa shape index (κ3) is 27.1. The van der Waals surface area contributed by atoms with Crippen molar-refractivity contribution in [3.63, 3.8) is 0 Å². The molecule has 0 spiro atoms. The minimum atomic E-state index is -1.15. The first-order valence-electron chi connectivity index (χ1n) is 18.0. The highest BCUT2D eigenvalue weighted by Crippen LogP contribution is 2.18. The number of unbranched alkanes of at least 4 members (excludes halogenated alkanes) is 20. The molecule has 4 atom stereocenters. The Bertz CT molecular complexity index is 602. The molecular weight excluding hydrogens is 544 g/mol. The standard InChI is InChI=1S/C24H44O6.C12H26O/c1-2-3-4-5-6-7-8-9-10-11-12-13-14-15-16-17-22(27)29-19-21(26)24-23(28)20(25)18-30-24;1-2-3-4-5-6-7-8-9-10-11-12-13/h9-10,20-21,23-26,28H,2-8,11-19H2,1H3;13H,2-12H2,1H3/b10-9-;/t20-,21+,23+,24+;/m0./s1. The molecule has 1 aliphatic rings. The summed E-state index contributed by atoms with van der Waals surface area (Å²) in [5.74, 6) is -0.347. The second kappa shape index (κ2) is 32.4. The molecule has 256 valence electrons. The van der Waals surface area contributed by atoms with Gasteiger partial charge in [-0.15, -0.1) is 0 Å². The van der Waals surface area contributed by atoms with Crippen LogP contribution in [0, 0.1) is 0 Å². The van der Waals surface area contributed by atoms with Crippen LogP contribution in [0.15, 0.2) is 12.2 Å². The van der Waals surface area contributed by atoms with Gasteiger partial charge < -0.3 is 29.9 Å². The lowest BCUT2D eigenvalue weighted by Crippen LogP contribution is -2.41. The summed E-state index contributed by atoms with van der Waals surface area (Å²) in [6.07, 6.45) is 29.8. The highest BCUT2D eigenvalue weighted by Gasteiger charge is 2.39. The fourth-order valence-electron chi connectivity index (χ4n) is 5.25. The molecule has 0 radical (unpaired) electrons. The Balaban J connectivity index is 0.00000114. The highest BCUT2D eigenvalue weighted by atomic mass is 16.6. The zero-order chi connectivity index (χ0) is 31.8. The monoisotopic (exact) mass is 615 g/mol. The summed E-state index contributed by atoms with van der Waals surface area (Å²) in [5, 5.41) is 37.5. The highest BCUT2D eigenvalue weighted by molar-refractivity contribution is 5.69. The van der Waals surface area contributed by atoms with Crippen molar-refractivity contribution in [3.8, 4) is 0 Å². The van der Waals surface area contributed by atoms with Gasteiger partial charge in [0.15, 0.2) is 0 Å². The van der Waals surface area contributed by atoms with Crippen LogP contribution in [-0.4, -0.2) is 70.6 Å². The Morgan fingerprint density at radius 2 is 1.16 bits per heavy atom. The summed E-state index contributed by atoms with van der Waals surface area (Å²) in [5.41, 5.74) is 0. The molecule has 1 heterocycles. The number of hydrogen-bond donors (Lipinski definition) is 4. The first kappa shape index (κ1) is 42.0. The number of ether oxygens (including phenoxy) is 2. The molecule has 1 saturated heterocycles. The molecule has 0 bridgehead atoms. The molecule has 7 nitrogen and oxygen atoms in total. The second-order valence-electron chi connectivity index (χ2n) is 12.3. The van der Waals surface area contributed by atoms with Gasteiger partial charge in [0.2, 0.25) is 0 Å². The molecule has 4 N–H and O–H groups in total. The molecule has 1 rings (SSSR count). The lowest BCUT2D eigenvalue weighted by molar-refractivity contribution is -0.151. The topological polar surface area (TPSA) is 116 Å². The van der Waals surface area contributed by atoms with Gasteiger partial charge in [0.1, 0.15) is 31.0 Å². The molecule has 7 heteroatoms. The van der Waals surface area contributed by atoms with Crippen LogP contribution in [0.4, 0.5) is 0 Å². The van der Waals surface area contributed by atoms with Crippen molar-refractivity contribution in [1.82, 2.24) is 0 Å². The van der Waals surface area contributed by atoms with E-state index in [4.69, 9.17) is 14.6 Å². The van der Waals surface area contributed by atoms with E-state index in [0.29, 0.717) is 13.0 Å². The summed E-state index contributed by atoms with van der Waals surface area (Å²) in [4.78, 5) is 11.7. The largest absolute Gasteiger partial charge is 0.463 e. The van der Waals surface area contributed by atoms with Crippen molar-refractivity contribution in [2.75, 3.05) is 19.8 Å². The van der Waals surface area contributed by atoms with E-state index in [9.17, 15) is 20.1 Å². The number of carbonyl (C=O) groups excluding carboxylic acids is 1. The Kier molecular flexibility index (Phi) is 31.7. The van der Waals surface area contributed by atoms with Crippen LogP contribution < -0.4 is 0 Å². The normalized spacial score (nSPS) is 19.0. The molecular formula is C36H70O7. The van der Waals surface area contributed by atoms with E-state index in [0.717, 1.165) is 32.1 Å². The number of carbonyl (C=O) groups is 1.